The Labute approximate surface area is 84.8 Å². The van der Waals surface area contributed by atoms with E-state index in [0.717, 1.165) is 38.5 Å². The van der Waals surface area contributed by atoms with E-state index in [1.807, 2.05) is 0 Å². The fourth-order valence-electron chi connectivity index (χ4n) is 1.43. The van der Waals surface area contributed by atoms with Crippen LogP contribution in [0.2, 0.25) is 6.04 Å². The Morgan fingerprint density at radius 2 is 1.54 bits per heavy atom. The number of hydrogen-bond donors (Lipinski definition) is 2. The molecule has 0 radical (unpaired) electrons. The molecule has 2 N–H and O–H groups in total. The molecule has 80 valence electrons. The largest absolute Gasteiger partial charge is 0.396 e. The number of aliphatic hydroxyl groups is 2. The Hall–Kier alpha value is 0.137. The molecule has 1 unspecified atom stereocenters. The van der Waals surface area contributed by atoms with E-state index in [-0.39, 0.29) is 6.10 Å². The van der Waals surface area contributed by atoms with Crippen LogP contribution in [0.4, 0.5) is 0 Å². The third kappa shape index (κ3) is 10.1. The fourth-order valence-corrected chi connectivity index (χ4v) is 1.84. The smallest absolute Gasteiger partial charge is 0.0540 e. The molecule has 0 rings (SSSR count). The van der Waals surface area contributed by atoms with E-state index in [9.17, 15) is 5.11 Å². The molecule has 2 nitrogen and oxygen atoms in total. The second kappa shape index (κ2) is 10.2. The zero-order valence-corrected chi connectivity index (χ0v) is 10.8. The van der Waals surface area contributed by atoms with Gasteiger partial charge in [0, 0.05) is 16.8 Å². The highest BCUT2D eigenvalue weighted by Crippen LogP contribution is 2.09. The number of hydrogen-bond acceptors (Lipinski definition) is 2. The molecular weight excluding hydrogens is 180 g/mol. The van der Waals surface area contributed by atoms with E-state index >= 15 is 0 Å². The second-order valence-corrected chi connectivity index (χ2v) is 4.72. The summed E-state index contributed by atoms with van der Waals surface area (Å²) in [5.41, 5.74) is 0. The first-order chi connectivity index (χ1) is 6.31. The summed E-state index contributed by atoms with van der Waals surface area (Å²) >= 11 is 0. The molecule has 0 aliphatic heterocycles. The summed E-state index contributed by atoms with van der Waals surface area (Å²) in [4.78, 5) is 0. The topological polar surface area (TPSA) is 40.5 Å². The summed E-state index contributed by atoms with van der Waals surface area (Å²) in [6.07, 6.45) is 7.35. The van der Waals surface area contributed by atoms with Crippen molar-refractivity contribution >= 4 is 10.2 Å². The zero-order valence-electron chi connectivity index (χ0n) is 8.84. The molecule has 0 aliphatic rings. The first-order valence-corrected chi connectivity index (χ1v) is 7.01. The van der Waals surface area contributed by atoms with Crippen LogP contribution in [0.15, 0.2) is 0 Å². The van der Waals surface area contributed by atoms with Crippen molar-refractivity contribution in [3.05, 3.63) is 0 Å². The lowest BCUT2D eigenvalue weighted by Gasteiger charge is -2.08. The van der Waals surface area contributed by atoms with Crippen LogP contribution >= 0.6 is 0 Å². The standard InChI is InChI=1S/C10H24O2Si/c11-8-4-2-1-3-6-10(12)7-5-9-13/h10-12H,1-9H2,13H3. The first-order valence-electron chi connectivity index (χ1n) is 5.60. The van der Waals surface area contributed by atoms with Crippen LogP contribution in [0.1, 0.15) is 44.9 Å². The summed E-state index contributed by atoms with van der Waals surface area (Å²) in [6, 6.07) is 1.31. The van der Waals surface area contributed by atoms with Crippen LogP contribution in [0.3, 0.4) is 0 Å². The molecule has 0 bridgehead atoms. The molecule has 0 aromatic heterocycles. The maximum atomic E-state index is 9.50. The van der Waals surface area contributed by atoms with Crippen molar-refractivity contribution in [2.75, 3.05) is 6.61 Å². The SMILES string of the molecule is OCCCCCCC(O)CCC[SiH3]. The highest BCUT2D eigenvalue weighted by atomic mass is 28.1. The van der Waals surface area contributed by atoms with Gasteiger partial charge in [-0.1, -0.05) is 31.7 Å². The quantitative estimate of drug-likeness (QED) is 0.432. The molecule has 0 aliphatic carbocycles. The molecule has 0 aromatic carbocycles. The van der Waals surface area contributed by atoms with Gasteiger partial charge in [0.1, 0.15) is 0 Å². The number of aliphatic hydroxyl groups excluding tert-OH is 2. The summed E-state index contributed by atoms with van der Waals surface area (Å²) in [7, 11) is 1.26. The minimum Gasteiger partial charge on any atom is -0.396 e. The maximum absolute atomic E-state index is 9.50. The third-order valence-corrected chi connectivity index (χ3v) is 3.04. The van der Waals surface area contributed by atoms with E-state index in [0.29, 0.717) is 6.61 Å². The van der Waals surface area contributed by atoms with Gasteiger partial charge in [0.25, 0.3) is 0 Å². The lowest BCUT2D eigenvalue weighted by Crippen LogP contribution is -2.05. The van der Waals surface area contributed by atoms with Crippen molar-refractivity contribution in [1.82, 2.24) is 0 Å². The fraction of sp³-hybridized carbons (Fsp3) is 1.00. The second-order valence-electron chi connectivity index (χ2n) is 3.72. The molecular formula is C10H24O2Si. The molecule has 0 aromatic rings. The van der Waals surface area contributed by atoms with Gasteiger partial charge in [-0.25, -0.2) is 0 Å². The minimum atomic E-state index is -0.0666. The van der Waals surface area contributed by atoms with E-state index in [4.69, 9.17) is 5.11 Å². The number of rotatable bonds is 9. The van der Waals surface area contributed by atoms with Crippen molar-refractivity contribution in [2.24, 2.45) is 0 Å². The van der Waals surface area contributed by atoms with E-state index in [2.05, 4.69) is 0 Å². The molecule has 0 spiro atoms. The van der Waals surface area contributed by atoms with Gasteiger partial charge >= 0.3 is 0 Å². The zero-order chi connectivity index (χ0) is 9.94. The molecule has 0 saturated carbocycles. The lowest BCUT2D eigenvalue weighted by atomic mass is 10.1. The number of unbranched alkanes of at least 4 members (excludes halogenated alkanes) is 3. The molecule has 0 fully saturated rings. The molecule has 0 amide bonds. The van der Waals surface area contributed by atoms with Gasteiger partial charge in [0.05, 0.1) is 6.10 Å². The Morgan fingerprint density at radius 1 is 0.923 bits per heavy atom. The van der Waals surface area contributed by atoms with Crippen LogP contribution in [0.25, 0.3) is 0 Å². The predicted octanol–water partition coefficient (Wildman–Crippen LogP) is 0.854. The van der Waals surface area contributed by atoms with Gasteiger partial charge < -0.3 is 10.2 Å². The Bertz CT molecular complexity index is 98.9. The minimum absolute atomic E-state index is 0.0666. The predicted molar refractivity (Wildman–Crippen MR) is 60.2 cm³/mol. The van der Waals surface area contributed by atoms with Crippen molar-refractivity contribution in [2.45, 2.75) is 57.1 Å². The van der Waals surface area contributed by atoms with E-state index < -0.39 is 0 Å². The van der Waals surface area contributed by atoms with Crippen LogP contribution < -0.4 is 0 Å². The van der Waals surface area contributed by atoms with Crippen molar-refractivity contribution < 1.29 is 10.2 Å². The monoisotopic (exact) mass is 204 g/mol. The highest BCUT2D eigenvalue weighted by molar-refractivity contribution is 6.08. The van der Waals surface area contributed by atoms with Gasteiger partial charge in [-0.15, -0.1) is 0 Å². The van der Waals surface area contributed by atoms with Gasteiger partial charge in [-0.2, -0.15) is 0 Å². The maximum Gasteiger partial charge on any atom is 0.0540 e. The average Bonchev–Trinajstić information content (AvgIpc) is 2.14. The summed E-state index contributed by atoms with van der Waals surface area (Å²) < 4.78 is 0. The summed E-state index contributed by atoms with van der Waals surface area (Å²) in [6.45, 7) is 0.309. The average molecular weight is 204 g/mol. The van der Waals surface area contributed by atoms with E-state index in [1.165, 1.54) is 22.7 Å². The summed E-state index contributed by atoms with van der Waals surface area (Å²) in [5.74, 6) is 0. The van der Waals surface area contributed by atoms with Crippen LogP contribution in [0, 0.1) is 0 Å². The van der Waals surface area contributed by atoms with Gasteiger partial charge in [-0.05, 0) is 19.3 Å². The van der Waals surface area contributed by atoms with Crippen LogP contribution in [0.5, 0.6) is 0 Å². The van der Waals surface area contributed by atoms with Crippen LogP contribution in [-0.2, 0) is 0 Å². The Kier molecular flexibility index (Phi) is 10.3. The molecule has 1 atom stereocenters. The molecule has 0 saturated heterocycles. The first kappa shape index (κ1) is 13.1. The van der Waals surface area contributed by atoms with Crippen molar-refractivity contribution in [1.29, 1.82) is 0 Å². The lowest BCUT2D eigenvalue weighted by molar-refractivity contribution is 0.149. The van der Waals surface area contributed by atoms with Crippen LogP contribution in [-0.4, -0.2) is 33.2 Å². The van der Waals surface area contributed by atoms with Crippen molar-refractivity contribution in [3.63, 3.8) is 0 Å². The highest BCUT2D eigenvalue weighted by Gasteiger charge is 2.02. The van der Waals surface area contributed by atoms with Gasteiger partial charge in [-0.3, -0.25) is 0 Å². The normalized spacial score (nSPS) is 13.4. The third-order valence-electron chi connectivity index (χ3n) is 2.34. The van der Waals surface area contributed by atoms with Crippen molar-refractivity contribution in [3.8, 4) is 0 Å². The molecule has 0 heterocycles. The Morgan fingerprint density at radius 3 is 2.15 bits per heavy atom. The Balaban J connectivity index is 3.03. The van der Waals surface area contributed by atoms with E-state index in [1.54, 1.807) is 0 Å². The van der Waals surface area contributed by atoms with Gasteiger partial charge in [0.15, 0.2) is 0 Å². The van der Waals surface area contributed by atoms with Gasteiger partial charge in [0.2, 0.25) is 0 Å². The molecule has 13 heavy (non-hydrogen) atoms. The molecule has 3 heteroatoms. The summed E-state index contributed by atoms with van der Waals surface area (Å²) in [5, 5.41) is 18.0.